The van der Waals surface area contributed by atoms with Crippen molar-refractivity contribution in [3.8, 4) is 0 Å². The lowest BCUT2D eigenvalue weighted by Crippen LogP contribution is -2.12. The molecular weight excluding hydrogens is 171 g/mol. The average molecular weight is 184 g/mol. The highest BCUT2D eigenvalue weighted by atomic mass is 19.1. The number of hydrogen-bond donors (Lipinski definition) is 2. The lowest BCUT2D eigenvalue weighted by molar-refractivity contribution is 0.281. The minimum Gasteiger partial charge on any atom is -0.392 e. The van der Waals surface area contributed by atoms with Gasteiger partial charge in [0.15, 0.2) is 0 Å². The molecular formula is C9H13FN2O. The van der Waals surface area contributed by atoms with E-state index in [0.717, 1.165) is 0 Å². The summed E-state index contributed by atoms with van der Waals surface area (Å²) in [7, 11) is 0. The smallest absolute Gasteiger partial charge is 0.214 e. The Morgan fingerprint density at radius 3 is 2.85 bits per heavy atom. The Balaban J connectivity index is 2.94. The summed E-state index contributed by atoms with van der Waals surface area (Å²) in [6.07, 6.45) is 1.33. The van der Waals surface area contributed by atoms with Gasteiger partial charge in [-0.25, -0.2) is 4.98 Å². The van der Waals surface area contributed by atoms with Crippen molar-refractivity contribution in [3.05, 3.63) is 23.8 Å². The Kier molecular flexibility index (Phi) is 3.19. The zero-order chi connectivity index (χ0) is 9.84. The lowest BCUT2D eigenvalue weighted by Gasteiger charge is -2.12. The largest absolute Gasteiger partial charge is 0.392 e. The molecule has 0 unspecified atom stereocenters. The third-order valence-corrected chi connectivity index (χ3v) is 1.57. The van der Waals surface area contributed by atoms with Gasteiger partial charge in [0.05, 0.1) is 6.61 Å². The molecule has 0 aliphatic rings. The van der Waals surface area contributed by atoms with Gasteiger partial charge in [0.25, 0.3) is 0 Å². The van der Waals surface area contributed by atoms with Gasteiger partial charge in [-0.3, -0.25) is 0 Å². The molecule has 1 aromatic rings. The zero-order valence-corrected chi connectivity index (χ0v) is 7.71. The quantitative estimate of drug-likeness (QED) is 0.700. The number of hydrogen-bond acceptors (Lipinski definition) is 3. The van der Waals surface area contributed by atoms with Crippen molar-refractivity contribution >= 4 is 5.69 Å². The van der Waals surface area contributed by atoms with Gasteiger partial charge in [-0.2, -0.15) is 4.39 Å². The molecule has 0 saturated heterocycles. The summed E-state index contributed by atoms with van der Waals surface area (Å²) in [4.78, 5) is 3.45. The second kappa shape index (κ2) is 4.18. The summed E-state index contributed by atoms with van der Waals surface area (Å²) < 4.78 is 12.7. The summed E-state index contributed by atoms with van der Waals surface area (Å²) in [5.74, 6) is -0.541. The highest BCUT2D eigenvalue weighted by Gasteiger charge is 2.04. The van der Waals surface area contributed by atoms with Crippen molar-refractivity contribution in [2.75, 3.05) is 5.32 Å². The number of nitrogens with one attached hydrogen (secondary N) is 1. The van der Waals surface area contributed by atoms with Crippen LogP contribution in [0.5, 0.6) is 0 Å². The van der Waals surface area contributed by atoms with Crippen LogP contribution in [-0.2, 0) is 6.61 Å². The van der Waals surface area contributed by atoms with E-state index in [1.807, 2.05) is 13.8 Å². The first-order valence-corrected chi connectivity index (χ1v) is 4.15. The maximum Gasteiger partial charge on any atom is 0.214 e. The number of aromatic nitrogens is 1. The number of nitrogens with zero attached hydrogens (tertiary/aromatic N) is 1. The molecule has 0 amide bonds. The zero-order valence-electron chi connectivity index (χ0n) is 7.71. The summed E-state index contributed by atoms with van der Waals surface area (Å²) in [5.41, 5.74) is 1.21. The van der Waals surface area contributed by atoms with Crippen LogP contribution in [0.2, 0.25) is 0 Å². The summed E-state index contributed by atoms with van der Waals surface area (Å²) in [6.45, 7) is 3.75. The van der Waals surface area contributed by atoms with E-state index in [-0.39, 0.29) is 12.6 Å². The average Bonchev–Trinajstić information content (AvgIpc) is 2.03. The first-order valence-electron chi connectivity index (χ1n) is 4.15. The van der Waals surface area contributed by atoms with Gasteiger partial charge in [-0.05, 0) is 13.8 Å². The molecule has 0 atom stereocenters. The fourth-order valence-electron chi connectivity index (χ4n) is 1.03. The topological polar surface area (TPSA) is 45.2 Å². The van der Waals surface area contributed by atoms with Gasteiger partial charge in [-0.15, -0.1) is 0 Å². The van der Waals surface area contributed by atoms with Crippen LogP contribution < -0.4 is 5.32 Å². The molecule has 0 saturated carbocycles. The SMILES string of the molecule is CC(C)Nc1cc(F)ncc1CO. The van der Waals surface area contributed by atoms with Crippen molar-refractivity contribution in [2.24, 2.45) is 0 Å². The fourth-order valence-corrected chi connectivity index (χ4v) is 1.03. The Bertz CT molecular complexity index is 289. The number of pyridine rings is 1. The predicted octanol–water partition coefficient (Wildman–Crippen LogP) is 1.53. The molecule has 13 heavy (non-hydrogen) atoms. The molecule has 0 radical (unpaired) electrons. The molecule has 1 rings (SSSR count). The molecule has 1 heterocycles. The van der Waals surface area contributed by atoms with Crippen LogP contribution >= 0.6 is 0 Å². The second-order valence-corrected chi connectivity index (χ2v) is 3.12. The van der Waals surface area contributed by atoms with Crippen LogP contribution in [0.1, 0.15) is 19.4 Å². The van der Waals surface area contributed by atoms with E-state index >= 15 is 0 Å². The molecule has 0 aliphatic heterocycles. The Labute approximate surface area is 76.6 Å². The van der Waals surface area contributed by atoms with Crippen molar-refractivity contribution in [3.63, 3.8) is 0 Å². The van der Waals surface area contributed by atoms with Gasteiger partial charge in [0.1, 0.15) is 0 Å². The van der Waals surface area contributed by atoms with Gasteiger partial charge >= 0.3 is 0 Å². The van der Waals surface area contributed by atoms with E-state index in [1.165, 1.54) is 12.3 Å². The first kappa shape index (κ1) is 9.92. The predicted molar refractivity (Wildman–Crippen MR) is 48.9 cm³/mol. The Morgan fingerprint density at radius 1 is 1.62 bits per heavy atom. The minimum atomic E-state index is -0.541. The van der Waals surface area contributed by atoms with Crippen molar-refractivity contribution < 1.29 is 9.50 Å². The van der Waals surface area contributed by atoms with E-state index in [0.29, 0.717) is 11.3 Å². The Hall–Kier alpha value is -1.16. The Morgan fingerprint density at radius 2 is 2.31 bits per heavy atom. The highest BCUT2D eigenvalue weighted by Crippen LogP contribution is 2.15. The molecule has 1 aromatic heterocycles. The molecule has 3 nitrogen and oxygen atoms in total. The molecule has 72 valence electrons. The lowest BCUT2D eigenvalue weighted by atomic mass is 10.2. The van der Waals surface area contributed by atoms with E-state index in [4.69, 9.17) is 5.11 Å². The minimum absolute atomic E-state index is 0.137. The number of aliphatic hydroxyl groups is 1. The summed E-state index contributed by atoms with van der Waals surface area (Å²) in [5, 5.41) is 11.9. The number of anilines is 1. The molecule has 2 N–H and O–H groups in total. The van der Waals surface area contributed by atoms with Crippen LogP contribution in [0.25, 0.3) is 0 Å². The highest BCUT2D eigenvalue weighted by molar-refractivity contribution is 5.49. The molecule has 0 aliphatic carbocycles. The number of rotatable bonds is 3. The number of halogens is 1. The van der Waals surface area contributed by atoms with E-state index in [9.17, 15) is 4.39 Å². The molecule has 4 heteroatoms. The van der Waals surface area contributed by atoms with E-state index < -0.39 is 5.95 Å². The van der Waals surface area contributed by atoms with Crippen molar-refractivity contribution in [1.82, 2.24) is 4.98 Å². The third-order valence-electron chi connectivity index (χ3n) is 1.57. The van der Waals surface area contributed by atoms with E-state index in [1.54, 1.807) is 0 Å². The maximum absolute atomic E-state index is 12.7. The molecule has 0 fully saturated rings. The van der Waals surface area contributed by atoms with Crippen LogP contribution in [0.4, 0.5) is 10.1 Å². The summed E-state index contributed by atoms with van der Waals surface area (Å²) >= 11 is 0. The normalized spacial score (nSPS) is 10.5. The molecule has 0 spiro atoms. The van der Waals surface area contributed by atoms with Crippen molar-refractivity contribution in [2.45, 2.75) is 26.5 Å². The van der Waals surface area contributed by atoms with Gasteiger partial charge in [0.2, 0.25) is 5.95 Å². The van der Waals surface area contributed by atoms with Crippen LogP contribution in [0.3, 0.4) is 0 Å². The maximum atomic E-state index is 12.7. The third kappa shape index (κ3) is 2.66. The van der Waals surface area contributed by atoms with Crippen molar-refractivity contribution in [1.29, 1.82) is 0 Å². The standard InChI is InChI=1S/C9H13FN2O/c1-6(2)12-8-3-9(10)11-4-7(8)5-13/h3-4,6,13H,5H2,1-2H3,(H,11,12). The van der Waals surface area contributed by atoms with Crippen LogP contribution in [-0.4, -0.2) is 16.1 Å². The number of aliphatic hydroxyl groups excluding tert-OH is 1. The van der Waals surface area contributed by atoms with Gasteiger partial charge in [-0.1, -0.05) is 0 Å². The van der Waals surface area contributed by atoms with Gasteiger partial charge in [0, 0.05) is 29.6 Å². The summed E-state index contributed by atoms with van der Waals surface area (Å²) in [6, 6.07) is 1.48. The molecule has 0 aromatic carbocycles. The van der Waals surface area contributed by atoms with Crippen LogP contribution in [0, 0.1) is 5.95 Å². The van der Waals surface area contributed by atoms with Crippen LogP contribution in [0.15, 0.2) is 12.3 Å². The first-order chi connectivity index (χ1) is 6.13. The monoisotopic (exact) mass is 184 g/mol. The molecule has 0 bridgehead atoms. The fraction of sp³-hybridized carbons (Fsp3) is 0.444. The van der Waals surface area contributed by atoms with E-state index in [2.05, 4.69) is 10.3 Å². The van der Waals surface area contributed by atoms with Gasteiger partial charge < -0.3 is 10.4 Å². The second-order valence-electron chi connectivity index (χ2n) is 3.12.